The number of ether oxygens (including phenoxy) is 2. The van der Waals surface area contributed by atoms with E-state index in [2.05, 4.69) is 35.7 Å². The monoisotopic (exact) mass is 494 g/mol. The van der Waals surface area contributed by atoms with E-state index in [4.69, 9.17) is 9.47 Å². The zero-order valence-electron chi connectivity index (χ0n) is 22.0. The first kappa shape index (κ1) is 28.8. The van der Waals surface area contributed by atoms with E-state index in [0.717, 1.165) is 50.0 Å². The Morgan fingerprint density at radius 3 is 2.29 bits per heavy atom. The molecule has 0 radical (unpaired) electrons. The summed E-state index contributed by atoms with van der Waals surface area (Å²) in [6.45, 7) is 7.31. The minimum Gasteiger partial charge on any atom is -0.475 e. The molecule has 1 aliphatic heterocycles. The molecule has 1 unspecified atom stereocenters. The molecule has 0 bridgehead atoms. The molecule has 34 heavy (non-hydrogen) atoms. The molecule has 194 valence electrons. The molecule has 2 rings (SSSR count). The van der Waals surface area contributed by atoms with Gasteiger partial charge in [0.2, 0.25) is 6.73 Å². The molecule has 0 N–H and O–H groups in total. The second kappa shape index (κ2) is 17.0. The molecule has 1 atom stereocenters. The van der Waals surface area contributed by atoms with Crippen LogP contribution in [0.15, 0.2) is 6.08 Å². The van der Waals surface area contributed by atoms with Crippen LogP contribution in [-0.2, 0) is 9.53 Å². The summed E-state index contributed by atoms with van der Waals surface area (Å²) in [5.74, 6) is 0.591. The van der Waals surface area contributed by atoms with Gasteiger partial charge in [0, 0.05) is 18.4 Å². The van der Waals surface area contributed by atoms with Crippen LogP contribution in [0.25, 0.3) is 5.57 Å². The third-order valence-corrected chi connectivity index (χ3v) is 7.14. The second-order valence-electron chi connectivity index (χ2n) is 10.1. The van der Waals surface area contributed by atoms with E-state index in [1.54, 1.807) is 0 Å². The molecule has 1 aromatic heterocycles. The number of likely N-dealkylation sites (N-methyl/N-ethyl adjacent to an activating group) is 1. The lowest BCUT2D eigenvalue weighted by Crippen LogP contribution is -2.49. The summed E-state index contributed by atoms with van der Waals surface area (Å²) in [6, 6.07) is 0. The van der Waals surface area contributed by atoms with Gasteiger partial charge in [0.1, 0.15) is 12.2 Å². The van der Waals surface area contributed by atoms with E-state index >= 15 is 0 Å². The highest BCUT2D eigenvalue weighted by Gasteiger charge is 2.31. The number of carbonyl (C=O) groups excluding carboxylic acids is 1. The molecule has 1 aromatic rings. The number of nitrogens with zero attached hydrogens (tertiary/aromatic N) is 3. The van der Waals surface area contributed by atoms with Crippen LogP contribution in [0.3, 0.4) is 0 Å². The van der Waals surface area contributed by atoms with Gasteiger partial charge >= 0.3 is 5.97 Å². The van der Waals surface area contributed by atoms with Gasteiger partial charge in [-0.15, -0.1) is 4.37 Å². The highest BCUT2D eigenvalue weighted by atomic mass is 32.1. The Balaban J connectivity index is 1.66. The number of aromatic nitrogens is 2. The Hall–Kier alpha value is -1.47. The van der Waals surface area contributed by atoms with Gasteiger partial charge in [-0.3, -0.25) is 9.28 Å². The largest absolute Gasteiger partial charge is 0.475 e. The van der Waals surface area contributed by atoms with Crippen molar-refractivity contribution in [3.63, 3.8) is 0 Å². The molecule has 0 amide bonds. The molecule has 0 saturated carbocycles. The van der Waals surface area contributed by atoms with Crippen molar-refractivity contribution in [1.29, 1.82) is 0 Å². The lowest BCUT2D eigenvalue weighted by Gasteiger charge is -2.36. The van der Waals surface area contributed by atoms with Crippen LogP contribution in [0, 0.1) is 0 Å². The van der Waals surface area contributed by atoms with Gasteiger partial charge in [-0.2, -0.15) is 4.37 Å². The molecule has 0 saturated heterocycles. The second-order valence-corrected chi connectivity index (χ2v) is 10.6. The van der Waals surface area contributed by atoms with Gasteiger partial charge in [-0.05, 0) is 12.8 Å². The molecule has 0 aliphatic carbocycles. The Labute approximate surface area is 212 Å². The SMILES string of the molecule is CCCCCCCCCCCC(=O)OC[N+]1(C)CCC=C(c2nsnc2OCCCCCC)C1. The molecule has 0 spiro atoms. The number of carbonyl (C=O) groups is 1. The number of hydrogen-bond acceptors (Lipinski definition) is 6. The average Bonchev–Trinajstić information content (AvgIpc) is 3.30. The molecule has 0 aromatic carbocycles. The summed E-state index contributed by atoms with van der Waals surface area (Å²) in [6.07, 6.45) is 19.7. The maximum Gasteiger partial charge on any atom is 0.310 e. The van der Waals surface area contributed by atoms with Gasteiger partial charge in [-0.1, -0.05) is 90.6 Å². The van der Waals surface area contributed by atoms with E-state index in [0.29, 0.717) is 30.1 Å². The van der Waals surface area contributed by atoms with Gasteiger partial charge in [0.05, 0.1) is 31.9 Å². The van der Waals surface area contributed by atoms with Crippen molar-refractivity contribution in [3.05, 3.63) is 11.8 Å². The molecule has 0 fully saturated rings. The normalized spacial score (nSPS) is 18.0. The molecular formula is C27H48N3O3S+. The van der Waals surface area contributed by atoms with Gasteiger partial charge in [0.25, 0.3) is 5.88 Å². The Morgan fingerprint density at radius 2 is 1.59 bits per heavy atom. The minimum absolute atomic E-state index is 0.0650. The molecule has 6 nitrogen and oxygen atoms in total. The van der Waals surface area contributed by atoms with Crippen molar-refractivity contribution in [2.75, 3.05) is 33.5 Å². The first-order valence-electron chi connectivity index (χ1n) is 13.7. The smallest absolute Gasteiger partial charge is 0.310 e. The fraction of sp³-hybridized carbons (Fsp3) is 0.815. The van der Waals surface area contributed by atoms with Crippen LogP contribution in [0.5, 0.6) is 5.88 Å². The topological polar surface area (TPSA) is 61.3 Å². The molecule has 7 heteroatoms. The summed E-state index contributed by atoms with van der Waals surface area (Å²) >= 11 is 1.21. The summed E-state index contributed by atoms with van der Waals surface area (Å²) in [4.78, 5) is 12.3. The summed E-state index contributed by atoms with van der Waals surface area (Å²) < 4.78 is 21.2. The standard InChI is InChI=1S/C27H48N3O3S/c1-4-6-8-10-11-12-13-14-15-19-25(31)33-23-30(3)20-17-18-24(22-30)26-27(29-34-28-26)32-21-16-9-7-5-2/h18H,4-17,19-23H2,1-3H3/q+1. The minimum atomic E-state index is -0.0650. The Bertz CT molecular complexity index is 722. The first-order chi connectivity index (χ1) is 16.6. The van der Waals surface area contributed by atoms with Crippen LogP contribution in [0.1, 0.15) is 116 Å². The lowest BCUT2D eigenvalue weighted by molar-refractivity contribution is -0.919. The van der Waals surface area contributed by atoms with Crippen molar-refractivity contribution in [3.8, 4) is 5.88 Å². The van der Waals surface area contributed by atoms with E-state index < -0.39 is 0 Å². The van der Waals surface area contributed by atoms with Crippen LogP contribution in [0.4, 0.5) is 0 Å². The highest BCUT2D eigenvalue weighted by molar-refractivity contribution is 6.99. The molecular weight excluding hydrogens is 446 g/mol. The maximum atomic E-state index is 12.3. The summed E-state index contributed by atoms with van der Waals surface area (Å²) in [7, 11) is 2.16. The quantitative estimate of drug-likeness (QED) is 0.116. The first-order valence-corrected chi connectivity index (χ1v) is 14.4. The Morgan fingerprint density at radius 1 is 0.941 bits per heavy atom. The van der Waals surface area contributed by atoms with Crippen LogP contribution in [0.2, 0.25) is 0 Å². The van der Waals surface area contributed by atoms with E-state index in [9.17, 15) is 4.79 Å². The average molecular weight is 495 g/mol. The number of rotatable bonds is 19. The number of esters is 1. The van der Waals surface area contributed by atoms with Crippen molar-refractivity contribution in [2.45, 2.75) is 110 Å². The van der Waals surface area contributed by atoms with Crippen molar-refractivity contribution in [1.82, 2.24) is 8.75 Å². The fourth-order valence-electron chi connectivity index (χ4n) is 4.44. The van der Waals surface area contributed by atoms with Crippen molar-refractivity contribution >= 4 is 23.3 Å². The third kappa shape index (κ3) is 11.3. The van der Waals surface area contributed by atoms with Crippen LogP contribution >= 0.6 is 11.7 Å². The highest BCUT2D eigenvalue weighted by Crippen LogP contribution is 2.30. The lowest BCUT2D eigenvalue weighted by atomic mass is 10.1. The molecule has 2 heterocycles. The number of hydrogen-bond donors (Lipinski definition) is 0. The number of quaternary nitrogens is 1. The van der Waals surface area contributed by atoms with E-state index in [-0.39, 0.29) is 5.97 Å². The third-order valence-electron chi connectivity index (χ3n) is 6.63. The predicted molar refractivity (Wildman–Crippen MR) is 141 cm³/mol. The summed E-state index contributed by atoms with van der Waals surface area (Å²) in [5, 5.41) is 0. The van der Waals surface area contributed by atoms with E-state index in [1.807, 2.05) is 0 Å². The van der Waals surface area contributed by atoms with Crippen molar-refractivity contribution in [2.24, 2.45) is 0 Å². The van der Waals surface area contributed by atoms with Gasteiger partial charge in [0.15, 0.2) is 0 Å². The Kier molecular flexibility index (Phi) is 14.4. The summed E-state index contributed by atoms with van der Waals surface area (Å²) in [5.41, 5.74) is 2.02. The maximum absolute atomic E-state index is 12.3. The zero-order chi connectivity index (χ0) is 24.5. The molecule has 1 aliphatic rings. The predicted octanol–water partition coefficient (Wildman–Crippen LogP) is 7.15. The number of unbranched alkanes of at least 4 members (excludes halogenated alkanes) is 11. The zero-order valence-corrected chi connectivity index (χ0v) is 22.8. The van der Waals surface area contributed by atoms with Gasteiger partial charge < -0.3 is 9.47 Å². The van der Waals surface area contributed by atoms with Gasteiger partial charge in [-0.25, -0.2) is 0 Å². The van der Waals surface area contributed by atoms with Crippen molar-refractivity contribution < 1.29 is 18.8 Å². The van der Waals surface area contributed by atoms with Crippen LogP contribution < -0.4 is 4.74 Å². The van der Waals surface area contributed by atoms with E-state index in [1.165, 1.54) is 75.9 Å². The fourth-order valence-corrected chi connectivity index (χ4v) is 4.97. The van der Waals surface area contributed by atoms with Crippen LogP contribution in [-0.4, -0.2) is 52.7 Å².